The molecule has 0 fully saturated rings. The molecule has 0 amide bonds. The zero-order chi connectivity index (χ0) is 12.5. The van der Waals surface area contributed by atoms with E-state index in [1.165, 1.54) is 0 Å². The molecule has 4 nitrogen and oxygen atoms in total. The van der Waals surface area contributed by atoms with E-state index in [0.717, 1.165) is 52.9 Å². The van der Waals surface area contributed by atoms with Crippen LogP contribution in [0.2, 0.25) is 0 Å². The largest absolute Gasteiger partial charge is 0.320 e. The highest BCUT2D eigenvalue weighted by atomic mass is 16.1. The molecule has 0 bridgehead atoms. The summed E-state index contributed by atoms with van der Waals surface area (Å²) < 4.78 is 0. The molecule has 1 aliphatic carbocycles. The fourth-order valence-electron chi connectivity index (χ4n) is 2.58. The van der Waals surface area contributed by atoms with E-state index >= 15 is 0 Å². The van der Waals surface area contributed by atoms with Crippen molar-refractivity contribution in [1.82, 2.24) is 9.89 Å². The maximum absolute atomic E-state index is 12.0. The van der Waals surface area contributed by atoms with Gasteiger partial charge < -0.3 is 5.84 Å². The van der Waals surface area contributed by atoms with E-state index in [9.17, 15) is 4.79 Å². The third kappa shape index (κ3) is 1.70. The molecule has 0 unspecified atom stereocenters. The van der Waals surface area contributed by atoms with Gasteiger partial charge in [0, 0.05) is 11.1 Å². The minimum Gasteiger partial charge on any atom is -0.320 e. The zero-order valence-electron chi connectivity index (χ0n) is 10.1. The summed E-state index contributed by atoms with van der Waals surface area (Å²) in [4.78, 5) is 13.0. The number of aromatic nitrogens is 2. The second-order valence-corrected chi connectivity index (χ2v) is 4.63. The quantitative estimate of drug-likeness (QED) is 0.770. The van der Waals surface area contributed by atoms with Crippen molar-refractivity contribution in [1.29, 1.82) is 0 Å². The van der Waals surface area contributed by atoms with Gasteiger partial charge >= 0.3 is 0 Å². The molecule has 2 aromatic rings. The Balaban J connectivity index is 2.27. The Morgan fingerprint density at radius 3 is 2.44 bits per heavy atom. The molecule has 0 atom stereocenters. The first-order valence-corrected chi connectivity index (χ1v) is 6.23. The predicted octanol–water partition coefficient (Wildman–Crippen LogP) is 1.50. The summed E-state index contributed by atoms with van der Waals surface area (Å²) in [6.07, 6.45) is 3.90. The van der Waals surface area contributed by atoms with Crippen molar-refractivity contribution in [3.8, 4) is 11.3 Å². The van der Waals surface area contributed by atoms with Crippen LogP contribution in [0.15, 0.2) is 35.1 Å². The summed E-state index contributed by atoms with van der Waals surface area (Å²) in [5.74, 6) is 5.68. The molecule has 18 heavy (non-hydrogen) atoms. The first kappa shape index (κ1) is 11.0. The van der Waals surface area contributed by atoms with Crippen LogP contribution in [0, 0.1) is 0 Å². The highest BCUT2D eigenvalue weighted by molar-refractivity contribution is 5.64. The van der Waals surface area contributed by atoms with Crippen molar-refractivity contribution in [2.75, 3.05) is 5.84 Å². The molecule has 3 rings (SSSR count). The van der Waals surface area contributed by atoms with Crippen LogP contribution < -0.4 is 11.4 Å². The lowest BCUT2D eigenvalue weighted by molar-refractivity contribution is 0.643. The molecular weight excluding hydrogens is 226 g/mol. The summed E-state index contributed by atoms with van der Waals surface area (Å²) >= 11 is 0. The van der Waals surface area contributed by atoms with Crippen LogP contribution in [0.25, 0.3) is 11.3 Å². The number of fused-ring (bicyclic) bond motifs is 1. The van der Waals surface area contributed by atoms with E-state index in [1.807, 2.05) is 30.3 Å². The number of nitrogens with two attached hydrogens (primary N) is 1. The zero-order valence-corrected chi connectivity index (χ0v) is 10.1. The van der Waals surface area contributed by atoms with Gasteiger partial charge in [0.05, 0.1) is 5.69 Å². The SMILES string of the molecule is Nn1nc(-c2ccccc2)c2c(c1=O)CCCC2. The average Bonchev–Trinajstić information content (AvgIpc) is 2.44. The van der Waals surface area contributed by atoms with Gasteiger partial charge in [-0.05, 0) is 31.2 Å². The van der Waals surface area contributed by atoms with Gasteiger partial charge in [0.15, 0.2) is 0 Å². The highest BCUT2D eigenvalue weighted by Crippen LogP contribution is 2.27. The molecule has 4 heteroatoms. The summed E-state index contributed by atoms with van der Waals surface area (Å²) in [6, 6.07) is 9.91. The number of nitrogens with zero attached hydrogens (tertiary/aromatic N) is 2. The van der Waals surface area contributed by atoms with Gasteiger partial charge in [-0.25, -0.2) is 0 Å². The van der Waals surface area contributed by atoms with Crippen LogP contribution in [0.1, 0.15) is 24.0 Å². The van der Waals surface area contributed by atoms with Crippen molar-refractivity contribution >= 4 is 0 Å². The molecule has 1 heterocycles. The van der Waals surface area contributed by atoms with Crippen LogP contribution in [0.4, 0.5) is 0 Å². The molecule has 0 spiro atoms. The second-order valence-electron chi connectivity index (χ2n) is 4.63. The Kier molecular flexibility index (Phi) is 2.63. The summed E-state index contributed by atoms with van der Waals surface area (Å²) in [6.45, 7) is 0. The monoisotopic (exact) mass is 241 g/mol. The first-order valence-electron chi connectivity index (χ1n) is 6.23. The van der Waals surface area contributed by atoms with E-state index in [-0.39, 0.29) is 5.56 Å². The second kappa shape index (κ2) is 4.29. The predicted molar refractivity (Wildman–Crippen MR) is 70.7 cm³/mol. The number of hydrogen-bond acceptors (Lipinski definition) is 3. The van der Waals surface area contributed by atoms with Crippen molar-refractivity contribution in [2.45, 2.75) is 25.7 Å². The maximum atomic E-state index is 12.0. The van der Waals surface area contributed by atoms with Crippen LogP contribution >= 0.6 is 0 Å². The number of benzene rings is 1. The van der Waals surface area contributed by atoms with Gasteiger partial charge in [0.1, 0.15) is 0 Å². The third-order valence-electron chi connectivity index (χ3n) is 3.47. The number of rotatable bonds is 1. The smallest absolute Gasteiger partial charge is 0.289 e. The van der Waals surface area contributed by atoms with Gasteiger partial charge in [-0.3, -0.25) is 4.79 Å². The van der Waals surface area contributed by atoms with Crippen molar-refractivity contribution < 1.29 is 0 Å². The number of nitrogen functional groups attached to an aromatic ring is 1. The standard InChI is InChI=1S/C14H15N3O/c15-17-14(18)12-9-5-4-8-11(12)13(16-17)10-6-2-1-3-7-10/h1-3,6-7H,4-5,8-9,15H2. The Labute approximate surface area is 105 Å². The van der Waals surface area contributed by atoms with Crippen LogP contribution in [-0.4, -0.2) is 9.89 Å². The lowest BCUT2D eigenvalue weighted by atomic mass is 9.90. The molecule has 0 aliphatic heterocycles. The average molecular weight is 241 g/mol. The molecule has 1 aromatic carbocycles. The van der Waals surface area contributed by atoms with Gasteiger partial charge in [0.2, 0.25) is 0 Å². The van der Waals surface area contributed by atoms with E-state index in [2.05, 4.69) is 5.10 Å². The van der Waals surface area contributed by atoms with Gasteiger partial charge in [-0.2, -0.15) is 0 Å². The first-order chi connectivity index (χ1) is 8.77. The molecule has 2 N–H and O–H groups in total. The fourth-order valence-corrected chi connectivity index (χ4v) is 2.58. The van der Waals surface area contributed by atoms with Crippen molar-refractivity contribution in [3.63, 3.8) is 0 Å². The van der Waals surface area contributed by atoms with Gasteiger partial charge in [-0.1, -0.05) is 30.3 Å². The van der Waals surface area contributed by atoms with E-state index in [1.54, 1.807) is 0 Å². The fraction of sp³-hybridized carbons (Fsp3) is 0.286. The molecular formula is C14H15N3O. The Bertz CT molecular complexity index is 631. The molecule has 1 aromatic heterocycles. The maximum Gasteiger partial charge on any atom is 0.289 e. The lowest BCUT2D eigenvalue weighted by Gasteiger charge is -2.18. The Morgan fingerprint density at radius 1 is 1.06 bits per heavy atom. The van der Waals surface area contributed by atoms with Crippen LogP contribution in [-0.2, 0) is 12.8 Å². The van der Waals surface area contributed by atoms with E-state index in [4.69, 9.17) is 5.84 Å². The van der Waals surface area contributed by atoms with Gasteiger partial charge in [-0.15, -0.1) is 9.89 Å². The minimum absolute atomic E-state index is 0.149. The Morgan fingerprint density at radius 2 is 1.72 bits per heavy atom. The summed E-state index contributed by atoms with van der Waals surface area (Å²) in [5, 5.41) is 4.24. The normalized spacial score (nSPS) is 14.2. The lowest BCUT2D eigenvalue weighted by Crippen LogP contribution is -2.35. The molecule has 0 radical (unpaired) electrons. The van der Waals surface area contributed by atoms with Crippen LogP contribution in [0.5, 0.6) is 0 Å². The summed E-state index contributed by atoms with van der Waals surface area (Å²) in [5.41, 5.74) is 3.66. The van der Waals surface area contributed by atoms with Gasteiger partial charge in [0.25, 0.3) is 5.56 Å². The van der Waals surface area contributed by atoms with Crippen molar-refractivity contribution in [3.05, 3.63) is 51.8 Å². The highest BCUT2D eigenvalue weighted by Gasteiger charge is 2.20. The molecule has 1 aliphatic rings. The molecule has 0 saturated heterocycles. The van der Waals surface area contributed by atoms with E-state index in [0.29, 0.717) is 0 Å². The van der Waals surface area contributed by atoms with Crippen molar-refractivity contribution in [2.24, 2.45) is 0 Å². The number of hydrogen-bond donors (Lipinski definition) is 1. The van der Waals surface area contributed by atoms with Crippen LogP contribution in [0.3, 0.4) is 0 Å². The summed E-state index contributed by atoms with van der Waals surface area (Å²) in [7, 11) is 0. The topological polar surface area (TPSA) is 60.9 Å². The Hall–Kier alpha value is -2.10. The third-order valence-corrected chi connectivity index (χ3v) is 3.47. The molecule has 92 valence electrons. The minimum atomic E-state index is -0.149. The van der Waals surface area contributed by atoms with E-state index < -0.39 is 0 Å². The molecule has 0 saturated carbocycles.